The van der Waals surface area contributed by atoms with Gasteiger partial charge in [-0.3, -0.25) is 0 Å². The average molecular weight is 304 g/mol. The summed E-state index contributed by atoms with van der Waals surface area (Å²) in [4.78, 5) is 0. The van der Waals surface area contributed by atoms with Gasteiger partial charge in [0.05, 0.1) is 0 Å². The summed E-state index contributed by atoms with van der Waals surface area (Å²) in [5, 5.41) is 0. The van der Waals surface area contributed by atoms with Crippen molar-refractivity contribution in [3.05, 3.63) is 34.4 Å². The first-order valence-corrected chi connectivity index (χ1v) is 8.30. The van der Waals surface area contributed by atoms with Crippen molar-refractivity contribution in [3.8, 4) is 0 Å². The Morgan fingerprint density at radius 2 is 1.27 bits per heavy atom. The molecule has 0 N–H and O–H groups in total. The van der Waals surface area contributed by atoms with Gasteiger partial charge in [-0.1, -0.05) is 47.6 Å². The molecule has 2 rings (SSSR count). The van der Waals surface area contributed by atoms with Gasteiger partial charge in [-0.05, 0) is 52.3 Å². The maximum absolute atomic E-state index is 5.50. The largest absolute Gasteiger partial charge is 0.352 e. The molecule has 1 aliphatic rings. The van der Waals surface area contributed by atoms with Gasteiger partial charge in [-0.15, -0.1) is 0 Å². The fourth-order valence-electron chi connectivity index (χ4n) is 4.14. The van der Waals surface area contributed by atoms with Gasteiger partial charge in [0.25, 0.3) is 0 Å². The van der Waals surface area contributed by atoms with E-state index in [9.17, 15) is 0 Å². The maximum atomic E-state index is 5.50. The average Bonchev–Trinajstić information content (AvgIpc) is 2.46. The molecule has 0 aliphatic heterocycles. The molecule has 1 aromatic carbocycles. The Bertz CT molecular complexity index is 553. The number of methoxy groups -OCH3 is 2. The van der Waals surface area contributed by atoms with E-state index in [1.54, 1.807) is 14.2 Å². The minimum absolute atomic E-state index is 0.152. The summed E-state index contributed by atoms with van der Waals surface area (Å²) in [5.41, 5.74) is 5.66. The Kier molecular flexibility index (Phi) is 4.49. The normalized spacial score (nSPS) is 26.1. The molecule has 0 radical (unpaired) electrons. The summed E-state index contributed by atoms with van der Waals surface area (Å²) in [6.07, 6.45) is -0.293. The summed E-state index contributed by atoms with van der Waals surface area (Å²) >= 11 is 0. The second-order valence-electron chi connectivity index (χ2n) is 8.08. The van der Waals surface area contributed by atoms with Gasteiger partial charge in [0.1, 0.15) is 0 Å². The molecule has 0 bridgehead atoms. The van der Waals surface area contributed by atoms with E-state index in [1.807, 2.05) is 0 Å². The van der Waals surface area contributed by atoms with Gasteiger partial charge >= 0.3 is 0 Å². The number of ether oxygens (including phenoxy) is 2. The van der Waals surface area contributed by atoms with Crippen molar-refractivity contribution < 1.29 is 9.47 Å². The number of rotatable bonds is 3. The molecule has 0 spiro atoms. The Morgan fingerprint density at radius 3 is 1.68 bits per heavy atom. The first-order valence-electron chi connectivity index (χ1n) is 8.30. The first kappa shape index (κ1) is 17.5. The number of aryl methyl sites for hydroxylation is 1. The van der Waals surface area contributed by atoms with E-state index >= 15 is 0 Å². The highest BCUT2D eigenvalue weighted by atomic mass is 16.7. The van der Waals surface area contributed by atoms with Crippen LogP contribution in [0.15, 0.2) is 12.1 Å². The lowest BCUT2D eigenvalue weighted by atomic mass is 9.53. The summed E-state index contributed by atoms with van der Waals surface area (Å²) in [7, 11) is 3.40. The third kappa shape index (κ3) is 2.41. The Morgan fingerprint density at radius 1 is 0.864 bits per heavy atom. The highest BCUT2D eigenvalue weighted by Gasteiger charge is 2.47. The second kappa shape index (κ2) is 5.65. The summed E-state index contributed by atoms with van der Waals surface area (Å²) in [5.74, 6) is 1.26. The molecule has 0 aromatic heterocycles. The number of benzene rings is 1. The minimum atomic E-state index is -0.293. The van der Waals surface area contributed by atoms with E-state index < -0.39 is 0 Å². The number of hydrogen-bond acceptors (Lipinski definition) is 2. The molecule has 22 heavy (non-hydrogen) atoms. The predicted molar refractivity (Wildman–Crippen MR) is 92.3 cm³/mol. The zero-order valence-corrected chi connectivity index (χ0v) is 15.7. The Hall–Kier alpha value is -0.860. The fourth-order valence-corrected chi connectivity index (χ4v) is 4.14. The van der Waals surface area contributed by atoms with Gasteiger partial charge in [-0.2, -0.15) is 0 Å². The lowest BCUT2D eigenvalue weighted by Gasteiger charge is -2.51. The monoisotopic (exact) mass is 304 g/mol. The highest BCUT2D eigenvalue weighted by Crippen LogP contribution is 2.53. The van der Waals surface area contributed by atoms with E-state index in [0.29, 0.717) is 11.8 Å². The van der Waals surface area contributed by atoms with Crippen molar-refractivity contribution >= 4 is 0 Å². The molecule has 1 aliphatic carbocycles. The quantitative estimate of drug-likeness (QED) is 0.721. The van der Waals surface area contributed by atoms with Crippen LogP contribution in [0.5, 0.6) is 0 Å². The molecular formula is C20H32O2. The SMILES string of the molecule is COC(OC)c1cc2c(cc1C)C(C)(C)[C@@H](C)[C@H](C)C2(C)C. The standard InChI is InChI=1S/C20H32O2/c1-12-10-16-17(11-15(12)18(21-8)22-9)20(6,7)14(3)13(2)19(16,4)5/h10-11,13-14,18H,1-9H3/t13-,14-/m0/s1. The zero-order valence-electron chi connectivity index (χ0n) is 15.7. The molecule has 0 saturated carbocycles. The molecule has 2 nitrogen and oxygen atoms in total. The molecule has 0 fully saturated rings. The first-order chi connectivity index (χ1) is 10.1. The van der Waals surface area contributed by atoms with Crippen molar-refractivity contribution in [1.82, 2.24) is 0 Å². The van der Waals surface area contributed by atoms with Crippen LogP contribution in [0.4, 0.5) is 0 Å². The third-order valence-electron chi connectivity index (χ3n) is 6.50. The van der Waals surface area contributed by atoms with Gasteiger partial charge in [0, 0.05) is 19.8 Å². The molecule has 1 aromatic rings. The van der Waals surface area contributed by atoms with E-state index in [0.717, 1.165) is 5.56 Å². The van der Waals surface area contributed by atoms with Crippen LogP contribution in [-0.4, -0.2) is 14.2 Å². The van der Waals surface area contributed by atoms with E-state index in [-0.39, 0.29) is 17.1 Å². The van der Waals surface area contributed by atoms with Crippen molar-refractivity contribution in [2.45, 2.75) is 65.6 Å². The van der Waals surface area contributed by atoms with Gasteiger partial charge in [0.15, 0.2) is 6.29 Å². The predicted octanol–water partition coefficient (Wildman–Crippen LogP) is 5.13. The van der Waals surface area contributed by atoms with Crippen LogP contribution in [0, 0.1) is 18.8 Å². The lowest BCUT2D eigenvalue weighted by molar-refractivity contribution is -0.106. The molecule has 0 unspecified atom stereocenters. The van der Waals surface area contributed by atoms with Crippen molar-refractivity contribution in [3.63, 3.8) is 0 Å². The lowest BCUT2D eigenvalue weighted by Crippen LogP contribution is -2.47. The Labute approximate surface area is 136 Å². The van der Waals surface area contributed by atoms with Gasteiger partial charge in [-0.25, -0.2) is 0 Å². The summed E-state index contributed by atoms with van der Waals surface area (Å²) < 4.78 is 11.0. The smallest absolute Gasteiger partial charge is 0.183 e. The highest BCUT2D eigenvalue weighted by molar-refractivity contribution is 5.48. The van der Waals surface area contributed by atoms with Crippen LogP contribution in [0.2, 0.25) is 0 Å². The second-order valence-corrected chi connectivity index (χ2v) is 8.08. The van der Waals surface area contributed by atoms with Crippen LogP contribution in [0.25, 0.3) is 0 Å². The van der Waals surface area contributed by atoms with Crippen molar-refractivity contribution in [2.24, 2.45) is 11.8 Å². The zero-order chi connectivity index (χ0) is 16.9. The third-order valence-corrected chi connectivity index (χ3v) is 6.50. The molecule has 2 heteroatoms. The molecular weight excluding hydrogens is 272 g/mol. The van der Waals surface area contributed by atoms with Gasteiger partial charge in [0.2, 0.25) is 0 Å². The van der Waals surface area contributed by atoms with Crippen LogP contribution in [-0.2, 0) is 20.3 Å². The van der Waals surface area contributed by atoms with E-state index in [2.05, 4.69) is 60.6 Å². The molecule has 124 valence electrons. The van der Waals surface area contributed by atoms with Crippen LogP contribution >= 0.6 is 0 Å². The minimum Gasteiger partial charge on any atom is -0.352 e. The maximum Gasteiger partial charge on any atom is 0.183 e. The van der Waals surface area contributed by atoms with Crippen LogP contribution in [0.1, 0.15) is 70.1 Å². The number of hydrogen-bond donors (Lipinski definition) is 0. The molecule has 0 amide bonds. The summed E-state index contributed by atoms with van der Waals surface area (Å²) in [6.45, 7) is 16.4. The molecule has 0 heterocycles. The van der Waals surface area contributed by atoms with E-state index in [1.165, 1.54) is 16.7 Å². The molecule has 2 atom stereocenters. The Balaban J connectivity index is 2.72. The van der Waals surface area contributed by atoms with E-state index in [4.69, 9.17) is 9.47 Å². The van der Waals surface area contributed by atoms with Crippen LogP contribution < -0.4 is 0 Å². The van der Waals surface area contributed by atoms with Crippen molar-refractivity contribution in [1.29, 1.82) is 0 Å². The molecule has 0 saturated heterocycles. The van der Waals surface area contributed by atoms with Crippen molar-refractivity contribution in [2.75, 3.05) is 14.2 Å². The summed E-state index contributed by atoms with van der Waals surface area (Å²) in [6, 6.07) is 4.69. The van der Waals surface area contributed by atoms with Crippen LogP contribution in [0.3, 0.4) is 0 Å². The van der Waals surface area contributed by atoms with Gasteiger partial charge < -0.3 is 9.47 Å². The fraction of sp³-hybridized carbons (Fsp3) is 0.700. The number of fused-ring (bicyclic) bond motifs is 1. The topological polar surface area (TPSA) is 18.5 Å².